The molecule has 0 atom stereocenters. The Hall–Kier alpha value is -1.06. The van der Waals surface area contributed by atoms with Gasteiger partial charge in [0.2, 0.25) is 0 Å². The Bertz CT molecular complexity index is 352. The highest BCUT2D eigenvalue weighted by atomic mass is 16.5. The summed E-state index contributed by atoms with van der Waals surface area (Å²) in [4.78, 5) is 2.27. The second-order valence-electron chi connectivity index (χ2n) is 4.26. The van der Waals surface area contributed by atoms with Crippen LogP contribution >= 0.6 is 0 Å². The van der Waals surface area contributed by atoms with Crippen LogP contribution in [0, 0.1) is 0 Å². The summed E-state index contributed by atoms with van der Waals surface area (Å²) in [5.74, 6) is 0. The molecule has 2 rings (SSSR count). The monoisotopic (exact) mass is 220 g/mol. The molecule has 0 radical (unpaired) electrons. The van der Waals surface area contributed by atoms with Crippen molar-refractivity contribution in [1.29, 1.82) is 0 Å². The van der Waals surface area contributed by atoms with Gasteiger partial charge >= 0.3 is 0 Å². The predicted octanol–water partition coefficient (Wildman–Crippen LogP) is 1.41. The van der Waals surface area contributed by atoms with Crippen LogP contribution in [0.15, 0.2) is 18.2 Å². The van der Waals surface area contributed by atoms with Crippen molar-refractivity contribution in [1.82, 2.24) is 5.32 Å². The third-order valence-electron chi connectivity index (χ3n) is 3.16. The smallest absolute Gasteiger partial charge is 0.0637 e. The first-order chi connectivity index (χ1) is 7.83. The molecule has 0 fully saturated rings. The summed E-state index contributed by atoms with van der Waals surface area (Å²) in [5.41, 5.74) is 4.27. The van der Waals surface area contributed by atoms with Gasteiger partial charge < -0.3 is 15.0 Å². The molecular formula is C13H20N2O. The Labute approximate surface area is 97.4 Å². The predicted molar refractivity (Wildman–Crippen MR) is 67.0 cm³/mol. The fourth-order valence-electron chi connectivity index (χ4n) is 2.20. The summed E-state index contributed by atoms with van der Waals surface area (Å²) in [6.45, 7) is 3.79. The summed E-state index contributed by atoms with van der Waals surface area (Å²) < 4.78 is 5.12. The Morgan fingerprint density at radius 3 is 3.12 bits per heavy atom. The van der Waals surface area contributed by atoms with Gasteiger partial charge in [0.25, 0.3) is 0 Å². The van der Waals surface area contributed by atoms with Gasteiger partial charge in [-0.2, -0.15) is 0 Å². The second-order valence-corrected chi connectivity index (χ2v) is 4.26. The molecule has 1 heterocycles. The number of rotatable bonds is 4. The van der Waals surface area contributed by atoms with Crippen molar-refractivity contribution in [3.8, 4) is 0 Å². The van der Waals surface area contributed by atoms with Gasteiger partial charge in [-0.15, -0.1) is 0 Å². The van der Waals surface area contributed by atoms with Gasteiger partial charge in [0.15, 0.2) is 0 Å². The number of fused-ring (bicyclic) bond motifs is 1. The van der Waals surface area contributed by atoms with Crippen LogP contribution in [0.1, 0.15) is 11.1 Å². The number of benzene rings is 1. The van der Waals surface area contributed by atoms with E-state index in [0.717, 1.165) is 32.7 Å². The number of hydrogen-bond acceptors (Lipinski definition) is 3. The molecule has 3 nitrogen and oxygen atoms in total. The van der Waals surface area contributed by atoms with Crippen LogP contribution in [-0.2, 0) is 17.7 Å². The van der Waals surface area contributed by atoms with E-state index in [9.17, 15) is 0 Å². The van der Waals surface area contributed by atoms with Crippen molar-refractivity contribution in [2.24, 2.45) is 0 Å². The number of ether oxygens (including phenoxy) is 1. The number of anilines is 1. The highest BCUT2D eigenvalue weighted by molar-refractivity contribution is 5.57. The second kappa shape index (κ2) is 5.32. The van der Waals surface area contributed by atoms with E-state index in [2.05, 4.69) is 35.5 Å². The van der Waals surface area contributed by atoms with E-state index in [1.165, 1.54) is 16.8 Å². The molecule has 1 N–H and O–H groups in total. The molecule has 0 saturated heterocycles. The number of likely N-dealkylation sites (N-methyl/N-ethyl adjacent to an activating group) is 1. The topological polar surface area (TPSA) is 24.5 Å². The van der Waals surface area contributed by atoms with Gasteiger partial charge in [-0.25, -0.2) is 0 Å². The molecule has 1 aliphatic heterocycles. The lowest BCUT2D eigenvalue weighted by Crippen LogP contribution is -2.28. The lowest BCUT2D eigenvalue weighted by molar-refractivity contribution is 0.206. The van der Waals surface area contributed by atoms with Gasteiger partial charge in [0.05, 0.1) is 6.61 Å². The first-order valence-electron chi connectivity index (χ1n) is 5.84. The normalized spacial score (nSPS) is 14.6. The Balaban J connectivity index is 2.19. The van der Waals surface area contributed by atoms with Crippen LogP contribution < -0.4 is 10.2 Å². The van der Waals surface area contributed by atoms with Crippen molar-refractivity contribution in [3.05, 3.63) is 29.3 Å². The molecular weight excluding hydrogens is 200 g/mol. The summed E-state index contributed by atoms with van der Waals surface area (Å²) in [6.07, 6.45) is 1.14. The van der Waals surface area contributed by atoms with Gasteiger partial charge in [0, 0.05) is 32.9 Å². The zero-order valence-corrected chi connectivity index (χ0v) is 10.1. The third kappa shape index (κ3) is 2.36. The zero-order chi connectivity index (χ0) is 11.4. The van der Waals surface area contributed by atoms with E-state index in [4.69, 9.17) is 4.74 Å². The van der Waals surface area contributed by atoms with E-state index in [-0.39, 0.29) is 0 Å². The Morgan fingerprint density at radius 1 is 1.44 bits per heavy atom. The van der Waals surface area contributed by atoms with Crippen molar-refractivity contribution in [2.75, 3.05) is 38.8 Å². The maximum Gasteiger partial charge on any atom is 0.0637 e. The summed E-state index contributed by atoms with van der Waals surface area (Å²) >= 11 is 0. The number of hydrogen-bond donors (Lipinski definition) is 1. The van der Waals surface area contributed by atoms with Gasteiger partial charge in [0.1, 0.15) is 0 Å². The molecule has 88 valence electrons. The average molecular weight is 220 g/mol. The SMILES string of the molecule is COCCN(C)c1cccc2c1CNCC2. The molecule has 0 aromatic heterocycles. The van der Waals surface area contributed by atoms with E-state index in [1.807, 2.05) is 0 Å². The molecule has 16 heavy (non-hydrogen) atoms. The summed E-state index contributed by atoms with van der Waals surface area (Å²) in [6, 6.07) is 6.59. The maximum absolute atomic E-state index is 5.12. The van der Waals surface area contributed by atoms with Crippen LogP contribution in [0.2, 0.25) is 0 Å². The minimum Gasteiger partial charge on any atom is -0.383 e. The molecule has 0 saturated carbocycles. The molecule has 0 bridgehead atoms. The Kier molecular flexibility index (Phi) is 3.80. The van der Waals surface area contributed by atoms with Gasteiger partial charge in [-0.05, 0) is 30.2 Å². The molecule has 1 aromatic carbocycles. The standard InChI is InChI=1S/C13H20N2O/c1-15(8-9-16-2)13-5-3-4-11-6-7-14-10-12(11)13/h3-5,14H,6-10H2,1-2H3. The minimum atomic E-state index is 0.771. The number of methoxy groups -OCH3 is 1. The van der Waals surface area contributed by atoms with E-state index < -0.39 is 0 Å². The van der Waals surface area contributed by atoms with Gasteiger partial charge in [-0.1, -0.05) is 12.1 Å². The highest BCUT2D eigenvalue weighted by Crippen LogP contribution is 2.25. The quantitative estimate of drug-likeness (QED) is 0.830. The van der Waals surface area contributed by atoms with Crippen molar-refractivity contribution < 1.29 is 4.74 Å². The first kappa shape index (κ1) is 11.4. The van der Waals surface area contributed by atoms with E-state index >= 15 is 0 Å². The van der Waals surface area contributed by atoms with Crippen molar-refractivity contribution in [3.63, 3.8) is 0 Å². The van der Waals surface area contributed by atoms with E-state index in [1.54, 1.807) is 7.11 Å². The molecule has 1 aliphatic rings. The fraction of sp³-hybridized carbons (Fsp3) is 0.538. The molecule has 0 aliphatic carbocycles. The minimum absolute atomic E-state index is 0.771. The molecule has 0 amide bonds. The molecule has 0 unspecified atom stereocenters. The van der Waals surface area contributed by atoms with Crippen molar-refractivity contribution in [2.45, 2.75) is 13.0 Å². The van der Waals surface area contributed by atoms with Crippen LogP contribution in [-0.4, -0.2) is 33.9 Å². The average Bonchev–Trinajstić information content (AvgIpc) is 2.35. The van der Waals surface area contributed by atoms with Gasteiger partial charge in [-0.3, -0.25) is 0 Å². The lowest BCUT2D eigenvalue weighted by Gasteiger charge is -2.26. The van der Waals surface area contributed by atoms with E-state index in [0.29, 0.717) is 0 Å². The zero-order valence-electron chi connectivity index (χ0n) is 10.1. The Morgan fingerprint density at radius 2 is 2.31 bits per heavy atom. The molecule has 3 heteroatoms. The van der Waals surface area contributed by atoms with Crippen LogP contribution in [0.5, 0.6) is 0 Å². The third-order valence-corrected chi connectivity index (χ3v) is 3.16. The van der Waals surface area contributed by atoms with Crippen LogP contribution in [0.3, 0.4) is 0 Å². The molecule has 1 aromatic rings. The first-order valence-corrected chi connectivity index (χ1v) is 5.84. The largest absolute Gasteiger partial charge is 0.383 e. The van der Waals surface area contributed by atoms with Crippen molar-refractivity contribution >= 4 is 5.69 Å². The van der Waals surface area contributed by atoms with Crippen LogP contribution in [0.25, 0.3) is 0 Å². The van der Waals surface area contributed by atoms with Crippen LogP contribution in [0.4, 0.5) is 5.69 Å². The number of nitrogens with zero attached hydrogens (tertiary/aromatic N) is 1. The number of nitrogens with one attached hydrogen (secondary N) is 1. The molecule has 0 spiro atoms. The summed E-state index contributed by atoms with van der Waals surface area (Å²) in [5, 5.41) is 3.43. The fourth-order valence-corrected chi connectivity index (χ4v) is 2.20. The lowest BCUT2D eigenvalue weighted by atomic mass is 9.99. The maximum atomic E-state index is 5.12. The summed E-state index contributed by atoms with van der Waals surface area (Å²) in [7, 11) is 3.87. The highest BCUT2D eigenvalue weighted by Gasteiger charge is 2.14.